The van der Waals surface area contributed by atoms with E-state index in [1.165, 1.54) is 6.42 Å². The van der Waals surface area contributed by atoms with E-state index in [-0.39, 0.29) is 17.7 Å². The molecule has 1 saturated heterocycles. The first kappa shape index (κ1) is 15.0. The highest BCUT2D eigenvalue weighted by Gasteiger charge is 2.25. The monoisotopic (exact) mass is 254 g/mol. The third-order valence-electron chi connectivity index (χ3n) is 3.75. The summed E-state index contributed by atoms with van der Waals surface area (Å²) in [5.74, 6) is 0.105. The number of hydrogen-bond acceptors (Lipinski definition) is 2. The second-order valence-electron chi connectivity index (χ2n) is 5.13. The summed E-state index contributed by atoms with van der Waals surface area (Å²) in [5, 5.41) is 2.85. The molecule has 0 aromatic carbocycles. The van der Waals surface area contributed by atoms with Crippen LogP contribution in [-0.2, 0) is 9.59 Å². The van der Waals surface area contributed by atoms with Gasteiger partial charge >= 0.3 is 0 Å². The average Bonchev–Trinajstić information content (AvgIpc) is 2.40. The number of hydrogen-bond donors (Lipinski definition) is 1. The van der Waals surface area contributed by atoms with Crippen molar-refractivity contribution in [2.75, 3.05) is 13.1 Å². The van der Waals surface area contributed by atoms with Crippen LogP contribution in [0.5, 0.6) is 0 Å². The molecule has 1 N–H and O–H groups in total. The van der Waals surface area contributed by atoms with Crippen LogP contribution in [0.4, 0.5) is 0 Å². The Morgan fingerprint density at radius 3 is 2.17 bits per heavy atom. The third-order valence-corrected chi connectivity index (χ3v) is 3.75. The summed E-state index contributed by atoms with van der Waals surface area (Å²) in [4.78, 5) is 25.9. The minimum absolute atomic E-state index is 0.0119. The van der Waals surface area contributed by atoms with Gasteiger partial charge in [-0.1, -0.05) is 13.8 Å². The zero-order valence-corrected chi connectivity index (χ0v) is 11.9. The van der Waals surface area contributed by atoms with Crippen LogP contribution in [0.1, 0.15) is 52.9 Å². The smallest absolute Gasteiger partial charge is 0.244 e. The molecule has 1 atom stereocenters. The summed E-state index contributed by atoms with van der Waals surface area (Å²) in [7, 11) is 0. The molecule has 1 fully saturated rings. The van der Waals surface area contributed by atoms with E-state index in [4.69, 9.17) is 0 Å². The van der Waals surface area contributed by atoms with Crippen molar-refractivity contribution in [1.82, 2.24) is 10.2 Å². The summed E-state index contributed by atoms with van der Waals surface area (Å²) >= 11 is 0. The maximum Gasteiger partial charge on any atom is 0.244 e. The molecule has 1 aliphatic rings. The molecule has 0 bridgehead atoms. The number of amides is 2. The van der Waals surface area contributed by atoms with E-state index in [2.05, 4.69) is 5.32 Å². The summed E-state index contributed by atoms with van der Waals surface area (Å²) in [5.41, 5.74) is 0. The quantitative estimate of drug-likeness (QED) is 0.815. The van der Waals surface area contributed by atoms with Gasteiger partial charge in [-0.25, -0.2) is 0 Å². The van der Waals surface area contributed by atoms with Gasteiger partial charge in [0.1, 0.15) is 6.04 Å². The molecule has 0 saturated carbocycles. The number of rotatable bonds is 5. The van der Waals surface area contributed by atoms with E-state index in [1.807, 2.05) is 18.7 Å². The molecule has 0 aliphatic carbocycles. The second-order valence-corrected chi connectivity index (χ2v) is 5.13. The molecule has 1 heterocycles. The van der Waals surface area contributed by atoms with Gasteiger partial charge in [0.25, 0.3) is 0 Å². The van der Waals surface area contributed by atoms with Crippen molar-refractivity contribution >= 4 is 11.8 Å². The number of piperidine rings is 1. The first-order valence-electron chi connectivity index (χ1n) is 7.19. The SMILES string of the molecule is CCC(CC)C(=O)N[C@@H](C)C(=O)N1CCCCC1. The molecule has 0 radical (unpaired) electrons. The van der Waals surface area contributed by atoms with Gasteiger partial charge in [-0.05, 0) is 39.0 Å². The Labute approximate surface area is 110 Å². The van der Waals surface area contributed by atoms with E-state index >= 15 is 0 Å². The van der Waals surface area contributed by atoms with Crippen LogP contribution in [0.2, 0.25) is 0 Å². The average molecular weight is 254 g/mol. The first-order chi connectivity index (χ1) is 8.60. The lowest BCUT2D eigenvalue weighted by Gasteiger charge is -2.30. The van der Waals surface area contributed by atoms with Gasteiger partial charge in [0, 0.05) is 19.0 Å². The van der Waals surface area contributed by atoms with Crippen molar-refractivity contribution in [2.45, 2.75) is 58.9 Å². The molecule has 0 aromatic rings. The molecular formula is C14H26N2O2. The molecule has 1 aliphatic heterocycles. The van der Waals surface area contributed by atoms with Crippen molar-refractivity contribution < 1.29 is 9.59 Å². The Morgan fingerprint density at radius 2 is 1.67 bits per heavy atom. The number of nitrogens with zero attached hydrogens (tertiary/aromatic N) is 1. The maximum absolute atomic E-state index is 12.1. The van der Waals surface area contributed by atoms with E-state index in [1.54, 1.807) is 6.92 Å². The third kappa shape index (κ3) is 4.00. The zero-order chi connectivity index (χ0) is 13.5. The molecule has 0 aromatic heterocycles. The highest BCUT2D eigenvalue weighted by atomic mass is 16.2. The van der Waals surface area contributed by atoms with Crippen LogP contribution in [0.3, 0.4) is 0 Å². The molecule has 2 amide bonds. The number of nitrogens with one attached hydrogen (secondary N) is 1. The zero-order valence-electron chi connectivity index (χ0n) is 11.9. The first-order valence-corrected chi connectivity index (χ1v) is 7.19. The van der Waals surface area contributed by atoms with Gasteiger partial charge < -0.3 is 10.2 Å². The fourth-order valence-corrected chi connectivity index (χ4v) is 2.44. The fourth-order valence-electron chi connectivity index (χ4n) is 2.44. The lowest BCUT2D eigenvalue weighted by Crippen LogP contribution is -2.49. The lowest BCUT2D eigenvalue weighted by atomic mass is 10.0. The highest BCUT2D eigenvalue weighted by Crippen LogP contribution is 2.11. The lowest BCUT2D eigenvalue weighted by molar-refractivity contribution is -0.137. The minimum atomic E-state index is -0.392. The second kappa shape index (κ2) is 7.39. The Balaban J connectivity index is 2.45. The number of likely N-dealkylation sites (tertiary alicyclic amines) is 1. The Bertz CT molecular complexity index is 282. The molecule has 18 heavy (non-hydrogen) atoms. The molecular weight excluding hydrogens is 228 g/mol. The van der Waals surface area contributed by atoms with Gasteiger partial charge in [0.05, 0.1) is 0 Å². The normalized spacial score (nSPS) is 17.7. The molecule has 104 valence electrons. The fraction of sp³-hybridized carbons (Fsp3) is 0.857. The van der Waals surface area contributed by atoms with Gasteiger partial charge in [0.15, 0.2) is 0 Å². The molecule has 0 unspecified atom stereocenters. The van der Waals surface area contributed by atoms with Crippen molar-refractivity contribution in [3.8, 4) is 0 Å². The van der Waals surface area contributed by atoms with Crippen LogP contribution >= 0.6 is 0 Å². The van der Waals surface area contributed by atoms with Gasteiger partial charge in [-0.3, -0.25) is 9.59 Å². The summed E-state index contributed by atoms with van der Waals surface area (Å²) in [6, 6.07) is -0.392. The van der Waals surface area contributed by atoms with Crippen molar-refractivity contribution in [3.05, 3.63) is 0 Å². The summed E-state index contributed by atoms with van der Waals surface area (Å²) in [6.45, 7) is 7.47. The summed E-state index contributed by atoms with van der Waals surface area (Å²) in [6.07, 6.45) is 5.02. The van der Waals surface area contributed by atoms with E-state index in [0.717, 1.165) is 38.8 Å². The van der Waals surface area contributed by atoms with Crippen molar-refractivity contribution in [1.29, 1.82) is 0 Å². The van der Waals surface area contributed by atoms with Crippen LogP contribution in [-0.4, -0.2) is 35.8 Å². The van der Waals surface area contributed by atoms with Crippen molar-refractivity contribution in [3.63, 3.8) is 0 Å². The van der Waals surface area contributed by atoms with Gasteiger partial charge in [-0.2, -0.15) is 0 Å². The van der Waals surface area contributed by atoms with E-state index in [0.29, 0.717) is 0 Å². The molecule has 4 heteroatoms. The molecule has 4 nitrogen and oxygen atoms in total. The highest BCUT2D eigenvalue weighted by molar-refractivity contribution is 5.88. The Morgan fingerprint density at radius 1 is 1.11 bits per heavy atom. The van der Waals surface area contributed by atoms with Crippen LogP contribution < -0.4 is 5.32 Å². The number of carbonyl (C=O) groups excluding carboxylic acids is 2. The standard InChI is InChI=1S/C14H26N2O2/c1-4-12(5-2)13(17)15-11(3)14(18)16-9-7-6-8-10-16/h11-12H,4-10H2,1-3H3,(H,15,17)/t11-/m0/s1. The summed E-state index contributed by atoms with van der Waals surface area (Å²) < 4.78 is 0. The predicted octanol–water partition coefficient (Wildman–Crippen LogP) is 1.94. The van der Waals surface area contributed by atoms with Gasteiger partial charge in [0.2, 0.25) is 11.8 Å². The topological polar surface area (TPSA) is 49.4 Å². The number of carbonyl (C=O) groups is 2. The Hall–Kier alpha value is -1.06. The Kier molecular flexibility index (Phi) is 6.16. The van der Waals surface area contributed by atoms with Crippen LogP contribution in [0, 0.1) is 5.92 Å². The van der Waals surface area contributed by atoms with E-state index < -0.39 is 6.04 Å². The van der Waals surface area contributed by atoms with Crippen LogP contribution in [0.25, 0.3) is 0 Å². The van der Waals surface area contributed by atoms with E-state index in [9.17, 15) is 9.59 Å². The largest absolute Gasteiger partial charge is 0.344 e. The maximum atomic E-state index is 12.1. The van der Waals surface area contributed by atoms with Crippen LogP contribution in [0.15, 0.2) is 0 Å². The molecule has 1 rings (SSSR count). The predicted molar refractivity (Wildman–Crippen MR) is 72.1 cm³/mol. The minimum Gasteiger partial charge on any atom is -0.344 e. The van der Waals surface area contributed by atoms with Crippen molar-refractivity contribution in [2.24, 2.45) is 5.92 Å². The van der Waals surface area contributed by atoms with Gasteiger partial charge in [-0.15, -0.1) is 0 Å². The molecule has 0 spiro atoms.